The zero-order valence-corrected chi connectivity index (χ0v) is 10.6. The molecule has 0 unspecified atom stereocenters. The van der Waals surface area contributed by atoms with Gasteiger partial charge in [0.25, 0.3) is 0 Å². The van der Waals surface area contributed by atoms with Crippen molar-refractivity contribution < 1.29 is 0 Å². The molecule has 0 aliphatic heterocycles. The van der Waals surface area contributed by atoms with E-state index in [9.17, 15) is 0 Å². The molecule has 2 N–H and O–H groups in total. The molecule has 1 aromatic rings. The van der Waals surface area contributed by atoms with Gasteiger partial charge >= 0.3 is 0 Å². The molecule has 0 bridgehead atoms. The van der Waals surface area contributed by atoms with E-state index in [0.717, 1.165) is 6.42 Å². The summed E-state index contributed by atoms with van der Waals surface area (Å²) in [4.78, 5) is 0. The lowest BCUT2D eigenvalue weighted by molar-refractivity contribution is 0.516. The maximum absolute atomic E-state index is 6.07. The van der Waals surface area contributed by atoms with E-state index in [1.54, 1.807) is 11.1 Å². The third-order valence-corrected chi connectivity index (χ3v) is 3.32. The molecule has 1 aromatic carbocycles. The molecular formula is C15H23N. The Morgan fingerprint density at radius 3 is 2.44 bits per heavy atom. The van der Waals surface area contributed by atoms with Gasteiger partial charge in [0, 0.05) is 5.54 Å². The number of aryl methyl sites for hydroxylation is 2. The number of benzene rings is 1. The van der Waals surface area contributed by atoms with Crippen LogP contribution in [0, 0.1) is 0 Å². The minimum atomic E-state index is -0.0982. The molecule has 0 atom stereocenters. The highest BCUT2D eigenvalue weighted by atomic mass is 14.7. The van der Waals surface area contributed by atoms with E-state index in [2.05, 4.69) is 32.0 Å². The molecule has 1 aliphatic rings. The molecular weight excluding hydrogens is 194 g/mol. The van der Waals surface area contributed by atoms with Crippen LogP contribution in [-0.2, 0) is 19.3 Å². The second kappa shape index (κ2) is 4.58. The molecule has 1 heteroatoms. The fourth-order valence-electron chi connectivity index (χ4n) is 2.60. The number of nitrogens with two attached hydrogens (primary N) is 1. The molecule has 88 valence electrons. The third-order valence-electron chi connectivity index (χ3n) is 3.32. The summed E-state index contributed by atoms with van der Waals surface area (Å²) >= 11 is 0. The van der Waals surface area contributed by atoms with Gasteiger partial charge < -0.3 is 5.73 Å². The minimum Gasteiger partial charge on any atom is -0.325 e. The van der Waals surface area contributed by atoms with Crippen molar-refractivity contribution in [3.8, 4) is 0 Å². The van der Waals surface area contributed by atoms with Gasteiger partial charge in [-0.25, -0.2) is 0 Å². The Labute approximate surface area is 99.0 Å². The van der Waals surface area contributed by atoms with Crippen molar-refractivity contribution in [2.45, 2.75) is 57.9 Å². The largest absolute Gasteiger partial charge is 0.325 e. The fourth-order valence-corrected chi connectivity index (χ4v) is 2.60. The van der Waals surface area contributed by atoms with Crippen LogP contribution in [-0.4, -0.2) is 5.54 Å². The van der Waals surface area contributed by atoms with Crippen LogP contribution in [0.4, 0.5) is 0 Å². The highest BCUT2D eigenvalue weighted by molar-refractivity contribution is 5.33. The fraction of sp³-hybridized carbons (Fsp3) is 0.600. The van der Waals surface area contributed by atoms with E-state index in [4.69, 9.17) is 5.73 Å². The maximum Gasteiger partial charge on any atom is 0.0138 e. The van der Waals surface area contributed by atoms with Gasteiger partial charge in [-0.2, -0.15) is 0 Å². The van der Waals surface area contributed by atoms with Crippen molar-refractivity contribution in [2.24, 2.45) is 5.73 Å². The van der Waals surface area contributed by atoms with Crippen LogP contribution in [0.2, 0.25) is 0 Å². The van der Waals surface area contributed by atoms with E-state index >= 15 is 0 Å². The van der Waals surface area contributed by atoms with Gasteiger partial charge in [-0.05, 0) is 62.6 Å². The predicted octanol–water partition coefficient (Wildman–Crippen LogP) is 3.24. The lowest BCUT2D eigenvalue weighted by Crippen LogP contribution is -2.34. The summed E-state index contributed by atoms with van der Waals surface area (Å²) in [6, 6.07) is 6.97. The molecule has 0 spiro atoms. The average Bonchev–Trinajstić information content (AvgIpc) is 2.39. The topological polar surface area (TPSA) is 26.0 Å². The van der Waals surface area contributed by atoms with Crippen LogP contribution in [0.5, 0.6) is 0 Å². The second-order valence-electron chi connectivity index (χ2n) is 5.83. The molecule has 0 heterocycles. The molecule has 2 rings (SSSR count). The monoisotopic (exact) mass is 217 g/mol. The minimum absolute atomic E-state index is 0.0982. The van der Waals surface area contributed by atoms with Crippen molar-refractivity contribution in [3.05, 3.63) is 34.9 Å². The van der Waals surface area contributed by atoms with Crippen molar-refractivity contribution in [1.82, 2.24) is 0 Å². The summed E-state index contributed by atoms with van der Waals surface area (Å²) in [5, 5.41) is 0. The Morgan fingerprint density at radius 1 is 1.06 bits per heavy atom. The van der Waals surface area contributed by atoms with E-state index in [1.165, 1.54) is 37.7 Å². The first-order chi connectivity index (χ1) is 7.54. The third kappa shape index (κ3) is 3.08. The van der Waals surface area contributed by atoms with Crippen LogP contribution < -0.4 is 5.73 Å². The van der Waals surface area contributed by atoms with Gasteiger partial charge in [0.05, 0.1) is 0 Å². The van der Waals surface area contributed by atoms with E-state index in [1.807, 2.05) is 0 Å². The quantitative estimate of drug-likeness (QED) is 0.756. The van der Waals surface area contributed by atoms with Crippen LogP contribution in [0.15, 0.2) is 18.2 Å². The number of hydrogen-bond donors (Lipinski definition) is 1. The van der Waals surface area contributed by atoms with Crippen molar-refractivity contribution in [1.29, 1.82) is 0 Å². The molecule has 1 nitrogen and oxygen atoms in total. The molecule has 0 amide bonds. The number of fused-ring (bicyclic) bond motifs is 1. The van der Waals surface area contributed by atoms with Gasteiger partial charge in [0.1, 0.15) is 0 Å². The Bertz CT molecular complexity index is 360. The normalized spacial score (nSPS) is 16.7. The maximum atomic E-state index is 6.07. The molecule has 0 fully saturated rings. The summed E-state index contributed by atoms with van der Waals surface area (Å²) in [7, 11) is 0. The molecule has 1 aliphatic carbocycles. The van der Waals surface area contributed by atoms with Crippen LogP contribution in [0.25, 0.3) is 0 Å². The van der Waals surface area contributed by atoms with Crippen molar-refractivity contribution >= 4 is 0 Å². The Kier molecular flexibility index (Phi) is 3.34. The van der Waals surface area contributed by atoms with Crippen LogP contribution in [0.1, 0.15) is 49.8 Å². The predicted molar refractivity (Wildman–Crippen MR) is 69.7 cm³/mol. The zero-order chi connectivity index (χ0) is 11.6. The smallest absolute Gasteiger partial charge is 0.0138 e. The van der Waals surface area contributed by atoms with Crippen molar-refractivity contribution in [3.63, 3.8) is 0 Å². The van der Waals surface area contributed by atoms with Gasteiger partial charge in [-0.3, -0.25) is 0 Å². The van der Waals surface area contributed by atoms with Gasteiger partial charge in [0.15, 0.2) is 0 Å². The summed E-state index contributed by atoms with van der Waals surface area (Å²) in [6.07, 6.45) is 7.58. The zero-order valence-electron chi connectivity index (χ0n) is 10.6. The first-order valence-corrected chi connectivity index (χ1v) is 6.44. The van der Waals surface area contributed by atoms with Crippen molar-refractivity contribution in [2.75, 3.05) is 0 Å². The number of hydrogen-bond acceptors (Lipinski definition) is 1. The lowest BCUT2D eigenvalue weighted by atomic mass is 9.92. The summed E-state index contributed by atoms with van der Waals surface area (Å²) < 4.78 is 0. The van der Waals surface area contributed by atoms with E-state index in [-0.39, 0.29) is 5.54 Å². The molecule has 0 radical (unpaired) electrons. The van der Waals surface area contributed by atoms with Gasteiger partial charge in [-0.15, -0.1) is 0 Å². The van der Waals surface area contributed by atoms with E-state index in [0.29, 0.717) is 0 Å². The van der Waals surface area contributed by atoms with Crippen LogP contribution in [0.3, 0.4) is 0 Å². The highest BCUT2D eigenvalue weighted by Gasteiger charge is 2.14. The first kappa shape index (κ1) is 11.7. The Hall–Kier alpha value is -0.820. The molecule has 0 saturated heterocycles. The molecule has 0 saturated carbocycles. The van der Waals surface area contributed by atoms with E-state index < -0.39 is 0 Å². The highest BCUT2D eigenvalue weighted by Crippen LogP contribution is 2.23. The Morgan fingerprint density at radius 2 is 1.75 bits per heavy atom. The summed E-state index contributed by atoms with van der Waals surface area (Å²) in [5.74, 6) is 0. The first-order valence-electron chi connectivity index (χ1n) is 6.44. The van der Waals surface area contributed by atoms with Crippen LogP contribution >= 0.6 is 0 Å². The Balaban J connectivity index is 2.21. The second-order valence-corrected chi connectivity index (χ2v) is 5.83. The average molecular weight is 217 g/mol. The number of rotatable bonds is 2. The standard InChI is InChI=1S/C15H23N/c1-15(2,16)11-12-8-9-13-6-4-3-5-7-14(13)10-12/h8-10H,3-7,11,16H2,1-2H3. The summed E-state index contributed by atoms with van der Waals surface area (Å²) in [5.41, 5.74) is 10.5. The molecule has 16 heavy (non-hydrogen) atoms. The SMILES string of the molecule is CC(C)(N)Cc1ccc2c(c1)CCCCC2. The van der Waals surface area contributed by atoms with Gasteiger partial charge in [0.2, 0.25) is 0 Å². The molecule has 0 aromatic heterocycles. The van der Waals surface area contributed by atoms with Gasteiger partial charge in [-0.1, -0.05) is 24.6 Å². The summed E-state index contributed by atoms with van der Waals surface area (Å²) in [6.45, 7) is 4.19. The lowest BCUT2D eigenvalue weighted by Gasteiger charge is -2.19.